The zero-order valence-corrected chi connectivity index (χ0v) is 9.95. The van der Waals surface area contributed by atoms with Crippen LogP contribution in [0.5, 0.6) is 0 Å². The van der Waals surface area contributed by atoms with Gasteiger partial charge in [0.2, 0.25) is 0 Å². The van der Waals surface area contributed by atoms with Gasteiger partial charge in [-0.2, -0.15) is 18.3 Å². The summed E-state index contributed by atoms with van der Waals surface area (Å²) in [6, 6.07) is 0. The second kappa shape index (κ2) is 6.10. The molecule has 94 valence electrons. The Morgan fingerprint density at radius 1 is 1.44 bits per heavy atom. The van der Waals surface area contributed by atoms with Crippen molar-refractivity contribution in [2.75, 3.05) is 6.54 Å². The zero-order chi connectivity index (χ0) is 11.5. The maximum Gasteiger partial charge on any atom is 0.435 e. The SMILES string of the molecule is CCCNCc1cn(C)nc1C(F)(F)F.Cl. The minimum atomic E-state index is -4.37. The van der Waals surface area contributed by atoms with E-state index in [2.05, 4.69) is 10.4 Å². The molecule has 0 aliphatic rings. The molecule has 0 saturated carbocycles. The number of hydrogen-bond acceptors (Lipinski definition) is 2. The van der Waals surface area contributed by atoms with Crippen LogP contribution in [0.25, 0.3) is 0 Å². The average molecular weight is 258 g/mol. The molecule has 1 aromatic rings. The summed E-state index contributed by atoms with van der Waals surface area (Å²) in [6.45, 7) is 2.86. The van der Waals surface area contributed by atoms with Crippen LogP contribution >= 0.6 is 12.4 Å². The third-order valence-corrected chi connectivity index (χ3v) is 1.92. The lowest BCUT2D eigenvalue weighted by atomic mass is 10.2. The van der Waals surface area contributed by atoms with E-state index in [9.17, 15) is 13.2 Å². The molecule has 1 N–H and O–H groups in total. The molecule has 0 aromatic carbocycles. The number of aromatic nitrogens is 2. The first-order valence-corrected chi connectivity index (χ1v) is 4.75. The summed E-state index contributed by atoms with van der Waals surface area (Å²) < 4.78 is 38.6. The normalized spacial score (nSPS) is 11.3. The monoisotopic (exact) mass is 257 g/mol. The van der Waals surface area contributed by atoms with Gasteiger partial charge in [-0.1, -0.05) is 6.92 Å². The summed E-state index contributed by atoms with van der Waals surface area (Å²) in [5.41, 5.74) is -0.605. The zero-order valence-electron chi connectivity index (χ0n) is 9.14. The highest BCUT2D eigenvalue weighted by Gasteiger charge is 2.36. The Balaban J connectivity index is 0.00000225. The van der Waals surface area contributed by atoms with Crippen molar-refractivity contribution < 1.29 is 13.2 Å². The molecule has 7 heteroatoms. The van der Waals surface area contributed by atoms with Crippen LogP contribution in [0, 0.1) is 0 Å². The van der Waals surface area contributed by atoms with Crippen LogP contribution in [-0.2, 0) is 19.8 Å². The van der Waals surface area contributed by atoms with E-state index >= 15 is 0 Å². The Morgan fingerprint density at radius 2 is 2.06 bits per heavy atom. The summed E-state index contributed by atoms with van der Waals surface area (Å²) >= 11 is 0. The Hall–Kier alpha value is -0.750. The van der Waals surface area contributed by atoms with Crippen molar-refractivity contribution in [3.05, 3.63) is 17.5 Å². The Kier molecular flexibility index (Phi) is 5.81. The maximum atomic E-state index is 12.5. The summed E-state index contributed by atoms with van der Waals surface area (Å²) in [5, 5.41) is 6.34. The van der Waals surface area contributed by atoms with Crippen LogP contribution in [0.4, 0.5) is 13.2 Å². The number of halogens is 4. The van der Waals surface area contributed by atoms with E-state index in [4.69, 9.17) is 0 Å². The smallest absolute Gasteiger partial charge is 0.313 e. The molecule has 0 aliphatic carbocycles. The number of alkyl halides is 3. The van der Waals surface area contributed by atoms with Crippen LogP contribution in [0.1, 0.15) is 24.6 Å². The Morgan fingerprint density at radius 3 is 2.56 bits per heavy atom. The van der Waals surface area contributed by atoms with Crippen molar-refractivity contribution in [2.45, 2.75) is 26.1 Å². The van der Waals surface area contributed by atoms with Gasteiger partial charge in [0.05, 0.1) is 0 Å². The van der Waals surface area contributed by atoms with E-state index < -0.39 is 11.9 Å². The van der Waals surface area contributed by atoms with E-state index in [0.29, 0.717) is 6.54 Å². The minimum Gasteiger partial charge on any atom is -0.313 e. The second-order valence-electron chi connectivity index (χ2n) is 3.35. The predicted molar refractivity (Wildman–Crippen MR) is 57.5 cm³/mol. The van der Waals surface area contributed by atoms with Crippen LogP contribution < -0.4 is 5.32 Å². The lowest BCUT2D eigenvalue weighted by molar-refractivity contribution is -0.142. The molecule has 0 spiro atoms. The number of nitrogens with one attached hydrogen (secondary N) is 1. The molecular formula is C9H15ClF3N3. The summed E-state index contributed by atoms with van der Waals surface area (Å²) in [4.78, 5) is 0. The molecule has 1 rings (SSSR count). The van der Waals surface area contributed by atoms with Crippen LogP contribution in [0.2, 0.25) is 0 Å². The molecule has 0 aliphatic heterocycles. The average Bonchev–Trinajstić information content (AvgIpc) is 2.47. The van der Waals surface area contributed by atoms with E-state index in [0.717, 1.165) is 6.42 Å². The van der Waals surface area contributed by atoms with Gasteiger partial charge >= 0.3 is 6.18 Å². The first-order chi connectivity index (χ1) is 6.95. The quantitative estimate of drug-likeness (QED) is 0.840. The van der Waals surface area contributed by atoms with Crippen molar-refractivity contribution in [1.29, 1.82) is 0 Å². The van der Waals surface area contributed by atoms with Gasteiger partial charge in [0.1, 0.15) is 0 Å². The minimum absolute atomic E-state index is 0. The molecular weight excluding hydrogens is 243 g/mol. The first-order valence-electron chi connectivity index (χ1n) is 4.75. The molecule has 0 amide bonds. The van der Waals surface area contributed by atoms with Crippen molar-refractivity contribution >= 4 is 12.4 Å². The molecule has 0 fully saturated rings. The van der Waals surface area contributed by atoms with E-state index in [1.807, 2.05) is 6.92 Å². The standard InChI is InChI=1S/C9H14F3N3.ClH/c1-3-4-13-5-7-6-15(2)14-8(7)9(10,11)12;/h6,13H,3-5H2,1-2H3;1H. The molecule has 0 bridgehead atoms. The predicted octanol–water partition coefficient (Wildman–Crippen LogP) is 2.36. The van der Waals surface area contributed by atoms with Crippen LogP contribution in [0.15, 0.2) is 6.20 Å². The van der Waals surface area contributed by atoms with Crippen LogP contribution in [0.3, 0.4) is 0 Å². The molecule has 0 saturated heterocycles. The van der Waals surface area contributed by atoms with Crippen molar-refractivity contribution in [3.63, 3.8) is 0 Å². The van der Waals surface area contributed by atoms with Gasteiger partial charge in [0, 0.05) is 25.4 Å². The molecule has 0 atom stereocenters. The van der Waals surface area contributed by atoms with Gasteiger partial charge < -0.3 is 5.32 Å². The number of rotatable bonds is 4. The lowest BCUT2D eigenvalue weighted by Crippen LogP contribution is -2.17. The third kappa shape index (κ3) is 4.02. The fourth-order valence-corrected chi connectivity index (χ4v) is 1.31. The first kappa shape index (κ1) is 15.2. The summed E-state index contributed by atoms with van der Waals surface area (Å²) in [7, 11) is 1.48. The van der Waals surface area contributed by atoms with Gasteiger partial charge in [0.25, 0.3) is 0 Å². The summed E-state index contributed by atoms with van der Waals surface area (Å²) in [6.07, 6.45) is -2.09. The fourth-order valence-electron chi connectivity index (χ4n) is 1.31. The van der Waals surface area contributed by atoms with Crippen molar-refractivity contribution in [1.82, 2.24) is 15.1 Å². The Bertz CT molecular complexity index is 322. The van der Waals surface area contributed by atoms with Gasteiger partial charge in [-0.05, 0) is 13.0 Å². The van der Waals surface area contributed by atoms with E-state index in [1.54, 1.807) is 0 Å². The number of hydrogen-bond donors (Lipinski definition) is 1. The van der Waals surface area contributed by atoms with Gasteiger partial charge in [-0.3, -0.25) is 4.68 Å². The topological polar surface area (TPSA) is 29.9 Å². The number of aryl methyl sites for hydroxylation is 1. The van der Waals surface area contributed by atoms with E-state index in [1.165, 1.54) is 17.9 Å². The molecule has 3 nitrogen and oxygen atoms in total. The lowest BCUT2D eigenvalue weighted by Gasteiger charge is -2.06. The van der Waals surface area contributed by atoms with Crippen LogP contribution in [-0.4, -0.2) is 16.3 Å². The largest absolute Gasteiger partial charge is 0.435 e. The molecule has 0 unspecified atom stereocenters. The molecule has 0 radical (unpaired) electrons. The Labute approximate surface area is 98.4 Å². The maximum absolute atomic E-state index is 12.5. The molecule has 16 heavy (non-hydrogen) atoms. The van der Waals surface area contributed by atoms with Gasteiger partial charge in [0.15, 0.2) is 5.69 Å². The fraction of sp³-hybridized carbons (Fsp3) is 0.667. The second-order valence-corrected chi connectivity index (χ2v) is 3.35. The number of nitrogens with zero attached hydrogens (tertiary/aromatic N) is 2. The van der Waals surface area contributed by atoms with Crippen molar-refractivity contribution in [2.24, 2.45) is 7.05 Å². The molecule has 1 aromatic heterocycles. The van der Waals surface area contributed by atoms with Gasteiger partial charge in [-0.15, -0.1) is 12.4 Å². The van der Waals surface area contributed by atoms with E-state index in [-0.39, 0.29) is 24.5 Å². The van der Waals surface area contributed by atoms with Gasteiger partial charge in [-0.25, -0.2) is 0 Å². The highest BCUT2D eigenvalue weighted by Crippen LogP contribution is 2.30. The van der Waals surface area contributed by atoms with Crippen molar-refractivity contribution in [3.8, 4) is 0 Å². The summed E-state index contributed by atoms with van der Waals surface area (Å²) in [5.74, 6) is 0. The highest BCUT2D eigenvalue weighted by atomic mass is 35.5. The highest BCUT2D eigenvalue weighted by molar-refractivity contribution is 5.85. The third-order valence-electron chi connectivity index (χ3n) is 1.92. The molecule has 1 heterocycles.